The molecule has 230 valence electrons. The van der Waals surface area contributed by atoms with Gasteiger partial charge < -0.3 is 49.0 Å². The first-order valence-electron chi connectivity index (χ1n) is 13.6. The number of carboxylic acids is 1. The van der Waals surface area contributed by atoms with E-state index < -0.39 is 60.2 Å². The van der Waals surface area contributed by atoms with Gasteiger partial charge in [-0.2, -0.15) is 0 Å². The number of hydrogen-bond donors (Lipinski definition) is 9. The number of carbonyl (C=O) groups is 5. The molecule has 0 saturated heterocycles. The van der Waals surface area contributed by atoms with Gasteiger partial charge in [-0.1, -0.05) is 38.5 Å². The first-order valence-corrected chi connectivity index (χ1v) is 13.6. The molecule has 0 aliphatic carbocycles. The second kappa shape index (κ2) is 16.0. The van der Waals surface area contributed by atoms with Crippen molar-refractivity contribution in [2.24, 2.45) is 33.8 Å². The average molecular weight is 588 g/mol. The van der Waals surface area contributed by atoms with Gasteiger partial charge in [0, 0.05) is 30.1 Å². The van der Waals surface area contributed by atoms with E-state index in [0.29, 0.717) is 18.4 Å². The van der Waals surface area contributed by atoms with Crippen molar-refractivity contribution in [2.75, 3.05) is 6.54 Å². The third kappa shape index (κ3) is 10.1. The van der Waals surface area contributed by atoms with E-state index in [2.05, 4.69) is 25.9 Å². The Morgan fingerprint density at radius 2 is 1.57 bits per heavy atom. The number of nitrogens with one attached hydrogen (secondary N) is 4. The fourth-order valence-corrected chi connectivity index (χ4v) is 4.23. The molecule has 5 atom stereocenters. The molecule has 5 unspecified atom stereocenters. The van der Waals surface area contributed by atoms with E-state index >= 15 is 0 Å². The molecular formula is C27H41N9O6. The number of hydrogen-bond acceptors (Lipinski definition) is 7. The maximum atomic E-state index is 13.5. The van der Waals surface area contributed by atoms with Gasteiger partial charge in [-0.3, -0.25) is 24.2 Å². The minimum atomic E-state index is -1.61. The number of rotatable bonds is 17. The van der Waals surface area contributed by atoms with Crippen LogP contribution in [0.2, 0.25) is 0 Å². The molecule has 42 heavy (non-hydrogen) atoms. The Balaban J connectivity index is 2.35. The minimum absolute atomic E-state index is 0.0362. The lowest BCUT2D eigenvalue weighted by Gasteiger charge is -2.26. The third-order valence-electron chi connectivity index (χ3n) is 6.89. The highest BCUT2D eigenvalue weighted by atomic mass is 16.4. The SMILES string of the molecule is CCC(C)C(N)C(=O)NC(CCCN=C(N)N)C(=O)NC(Cc1c[nH]c2ccccc12)C(=O)NC(CC(N)=O)C(=O)O. The molecule has 0 spiro atoms. The van der Waals surface area contributed by atoms with Gasteiger partial charge in [-0.05, 0) is 30.4 Å². The molecule has 0 aliphatic rings. The average Bonchev–Trinajstić information content (AvgIpc) is 3.35. The fourth-order valence-electron chi connectivity index (χ4n) is 4.23. The Hall–Kier alpha value is -4.66. The number of nitrogens with two attached hydrogens (primary N) is 4. The number of aliphatic imine (C=N–C) groups is 1. The van der Waals surface area contributed by atoms with Crippen molar-refractivity contribution < 1.29 is 29.1 Å². The van der Waals surface area contributed by atoms with Crippen molar-refractivity contribution in [1.82, 2.24) is 20.9 Å². The molecule has 0 bridgehead atoms. The summed E-state index contributed by atoms with van der Waals surface area (Å²) in [5.74, 6) is -4.79. The van der Waals surface area contributed by atoms with Gasteiger partial charge in [0.15, 0.2) is 5.96 Å². The highest BCUT2D eigenvalue weighted by molar-refractivity contribution is 5.95. The van der Waals surface area contributed by atoms with E-state index in [4.69, 9.17) is 22.9 Å². The zero-order valence-electron chi connectivity index (χ0n) is 23.8. The topological polar surface area (TPSA) is 274 Å². The lowest BCUT2D eigenvalue weighted by Crippen LogP contribution is -2.58. The van der Waals surface area contributed by atoms with Crippen LogP contribution in [0.3, 0.4) is 0 Å². The van der Waals surface area contributed by atoms with Crippen molar-refractivity contribution in [3.8, 4) is 0 Å². The molecule has 2 aromatic rings. The molecule has 0 aliphatic heterocycles. The van der Waals surface area contributed by atoms with E-state index in [0.717, 1.165) is 10.9 Å². The molecular weight excluding hydrogens is 546 g/mol. The molecule has 0 saturated carbocycles. The lowest BCUT2D eigenvalue weighted by atomic mass is 9.98. The third-order valence-corrected chi connectivity index (χ3v) is 6.89. The van der Waals surface area contributed by atoms with Gasteiger partial charge in [0.25, 0.3) is 0 Å². The molecule has 1 aromatic heterocycles. The molecule has 1 heterocycles. The number of para-hydroxylation sites is 1. The molecule has 15 heteroatoms. The van der Waals surface area contributed by atoms with Crippen LogP contribution in [-0.2, 0) is 30.4 Å². The van der Waals surface area contributed by atoms with E-state index in [1.807, 2.05) is 38.1 Å². The number of primary amides is 1. The molecule has 4 amide bonds. The fraction of sp³-hybridized carbons (Fsp3) is 0.481. The number of nitrogens with zero attached hydrogens (tertiary/aromatic N) is 1. The molecule has 0 fully saturated rings. The maximum absolute atomic E-state index is 13.5. The van der Waals surface area contributed by atoms with Crippen molar-refractivity contribution in [3.05, 3.63) is 36.0 Å². The Morgan fingerprint density at radius 3 is 2.19 bits per heavy atom. The number of fused-ring (bicyclic) bond motifs is 1. The highest BCUT2D eigenvalue weighted by Gasteiger charge is 2.32. The number of guanidine groups is 1. The first kappa shape index (κ1) is 33.5. The second-order valence-electron chi connectivity index (χ2n) is 10.1. The summed E-state index contributed by atoms with van der Waals surface area (Å²) in [5, 5.41) is 17.9. The van der Waals surface area contributed by atoms with Crippen LogP contribution in [0.4, 0.5) is 0 Å². The summed E-state index contributed by atoms with van der Waals surface area (Å²) in [6.07, 6.45) is 2.06. The number of carboxylic acid groups (broad SMARTS) is 1. The van der Waals surface area contributed by atoms with Crippen LogP contribution >= 0.6 is 0 Å². The zero-order valence-corrected chi connectivity index (χ0v) is 23.8. The van der Waals surface area contributed by atoms with Gasteiger partial charge in [0.2, 0.25) is 23.6 Å². The summed E-state index contributed by atoms with van der Waals surface area (Å²) < 4.78 is 0. The Bertz CT molecular complexity index is 1290. The van der Waals surface area contributed by atoms with E-state index in [9.17, 15) is 29.1 Å². The molecule has 13 N–H and O–H groups in total. The van der Waals surface area contributed by atoms with E-state index in [-0.39, 0.29) is 31.3 Å². The largest absolute Gasteiger partial charge is 0.480 e. The minimum Gasteiger partial charge on any atom is -0.480 e. The normalized spacial score (nSPS) is 14.5. The van der Waals surface area contributed by atoms with Crippen LogP contribution in [-0.4, -0.2) is 76.4 Å². The monoisotopic (exact) mass is 587 g/mol. The maximum Gasteiger partial charge on any atom is 0.326 e. The molecule has 0 radical (unpaired) electrons. The van der Waals surface area contributed by atoms with Gasteiger partial charge in [-0.15, -0.1) is 0 Å². The summed E-state index contributed by atoms with van der Waals surface area (Å²) in [7, 11) is 0. The van der Waals surface area contributed by atoms with Crippen molar-refractivity contribution >= 4 is 46.5 Å². The van der Waals surface area contributed by atoms with Crippen molar-refractivity contribution in [1.29, 1.82) is 0 Å². The first-order chi connectivity index (χ1) is 19.8. The predicted octanol–water partition coefficient (Wildman–Crippen LogP) is -1.45. The van der Waals surface area contributed by atoms with E-state index in [1.165, 1.54) is 0 Å². The highest BCUT2D eigenvalue weighted by Crippen LogP contribution is 2.19. The number of aromatic amines is 1. The van der Waals surface area contributed by atoms with Crippen LogP contribution in [0.1, 0.15) is 45.1 Å². The summed E-state index contributed by atoms with van der Waals surface area (Å²) >= 11 is 0. The van der Waals surface area contributed by atoms with Gasteiger partial charge >= 0.3 is 5.97 Å². The van der Waals surface area contributed by atoms with Crippen molar-refractivity contribution in [2.45, 2.75) is 70.1 Å². The van der Waals surface area contributed by atoms with Crippen LogP contribution in [0.5, 0.6) is 0 Å². The summed E-state index contributed by atoms with van der Waals surface area (Å²) in [6.45, 7) is 3.88. The molecule has 1 aromatic carbocycles. The van der Waals surface area contributed by atoms with E-state index in [1.54, 1.807) is 6.20 Å². The van der Waals surface area contributed by atoms with Crippen molar-refractivity contribution in [3.63, 3.8) is 0 Å². The smallest absolute Gasteiger partial charge is 0.326 e. The number of H-pyrrole nitrogens is 1. The summed E-state index contributed by atoms with van der Waals surface area (Å²) in [4.78, 5) is 69.8. The Morgan fingerprint density at radius 1 is 0.952 bits per heavy atom. The molecule has 15 nitrogen and oxygen atoms in total. The predicted molar refractivity (Wildman–Crippen MR) is 157 cm³/mol. The van der Waals surface area contributed by atoms with Gasteiger partial charge in [-0.25, -0.2) is 4.79 Å². The van der Waals surface area contributed by atoms with Gasteiger partial charge in [0.05, 0.1) is 12.5 Å². The quantitative estimate of drug-likeness (QED) is 0.0594. The van der Waals surface area contributed by atoms with Crippen LogP contribution in [0.15, 0.2) is 35.5 Å². The standard InChI is InChI=1S/C27H41N9O6/c1-3-14(2)22(29)25(40)34-18(9-6-10-32-27(30)31)23(38)35-19(24(39)36-20(26(41)42)12-21(28)37)11-15-13-33-17-8-5-4-7-16(15)17/h4-5,7-8,13-14,18-20,22,33H,3,6,9-12,29H2,1-2H3,(H2,28,37)(H,34,40)(H,35,38)(H,36,39)(H,41,42)(H4,30,31,32). The summed E-state index contributed by atoms with van der Waals surface area (Å²) in [6, 6.07) is 2.42. The Kier molecular flexibility index (Phi) is 12.7. The number of aromatic nitrogens is 1. The number of amides is 4. The van der Waals surface area contributed by atoms with Crippen LogP contribution in [0, 0.1) is 5.92 Å². The van der Waals surface area contributed by atoms with Crippen LogP contribution in [0.25, 0.3) is 10.9 Å². The molecule has 2 rings (SSSR count). The second-order valence-corrected chi connectivity index (χ2v) is 10.1. The number of benzene rings is 1. The summed E-state index contributed by atoms with van der Waals surface area (Å²) in [5.41, 5.74) is 23.4. The zero-order chi connectivity index (χ0) is 31.4. The Labute approximate surface area is 243 Å². The number of carbonyl (C=O) groups excluding carboxylic acids is 4. The lowest BCUT2D eigenvalue weighted by molar-refractivity contribution is -0.143. The van der Waals surface area contributed by atoms with Crippen LogP contribution < -0.4 is 38.9 Å². The number of aliphatic carboxylic acids is 1. The van der Waals surface area contributed by atoms with Gasteiger partial charge in [0.1, 0.15) is 18.1 Å².